The van der Waals surface area contributed by atoms with E-state index in [4.69, 9.17) is 14.6 Å². The predicted octanol–water partition coefficient (Wildman–Crippen LogP) is 2.65. The van der Waals surface area contributed by atoms with E-state index < -0.39 is 0 Å². The second-order valence-electron chi connectivity index (χ2n) is 5.43. The summed E-state index contributed by atoms with van der Waals surface area (Å²) in [6.45, 7) is 3.58. The monoisotopic (exact) mass is 354 g/mol. The van der Waals surface area contributed by atoms with Crippen LogP contribution in [0.25, 0.3) is 11.7 Å². The van der Waals surface area contributed by atoms with Gasteiger partial charge in [0.05, 0.1) is 6.54 Å². The van der Waals surface area contributed by atoms with Gasteiger partial charge in [0.1, 0.15) is 0 Å². The molecule has 0 aromatic carbocycles. The molecule has 0 amide bonds. The highest BCUT2D eigenvalue weighted by Crippen LogP contribution is 2.25. The minimum absolute atomic E-state index is 0.422. The fraction of sp³-hybridized carbons (Fsp3) is 0.571. The van der Waals surface area contributed by atoms with E-state index in [1.165, 1.54) is 12.8 Å². The maximum atomic E-state index is 5.68. The molecule has 1 atom stereocenters. The molecule has 1 fully saturated rings. The Hall–Kier alpha value is -1.18. The van der Waals surface area contributed by atoms with Crippen LogP contribution in [-0.4, -0.2) is 34.7 Å². The van der Waals surface area contributed by atoms with Gasteiger partial charge in [-0.1, -0.05) is 0 Å². The lowest BCUT2D eigenvalue weighted by Gasteiger charge is -2.31. The topological polar surface area (TPSA) is 81.3 Å². The molecule has 2 aromatic heterocycles. The molecule has 2 aromatic rings. The average Bonchev–Trinajstić information content (AvgIpc) is 3.09. The van der Waals surface area contributed by atoms with Crippen LogP contribution in [0, 0.1) is 5.92 Å². The van der Waals surface area contributed by atoms with Crippen molar-refractivity contribution in [1.29, 1.82) is 0 Å². The smallest absolute Gasteiger partial charge is 0.283 e. The van der Waals surface area contributed by atoms with Gasteiger partial charge < -0.3 is 14.6 Å². The summed E-state index contributed by atoms with van der Waals surface area (Å²) in [7, 11) is 0. The van der Waals surface area contributed by atoms with Crippen molar-refractivity contribution in [3.05, 3.63) is 22.7 Å². The normalized spacial score (nSPS) is 20.0. The lowest BCUT2D eigenvalue weighted by Crippen LogP contribution is -2.35. The molecule has 1 unspecified atom stereocenters. The van der Waals surface area contributed by atoms with E-state index in [0.29, 0.717) is 34.7 Å². The van der Waals surface area contributed by atoms with Gasteiger partial charge in [-0.3, -0.25) is 4.90 Å². The Morgan fingerprint density at radius 3 is 3.00 bits per heavy atom. The second kappa shape index (κ2) is 6.72. The summed E-state index contributed by atoms with van der Waals surface area (Å²) < 4.78 is 11.7. The summed E-state index contributed by atoms with van der Waals surface area (Å²) in [4.78, 5) is 2.36. The van der Waals surface area contributed by atoms with Crippen LogP contribution in [0.5, 0.6) is 0 Å². The lowest BCUT2D eigenvalue weighted by atomic mass is 9.95. The van der Waals surface area contributed by atoms with Crippen molar-refractivity contribution in [3.8, 4) is 11.7 Å². The van der Waals surface area contributed by atoms with Crippen molar-refractivity contribution >= 4 is 15.9 Å². The van der Waals surface area contributed by atoms with E-state index in [-0.39, 0.29) is 0 Å². The molecule has 0 radical (unpaired) electrons. The summed E-state index contributed by atoms with van der Waals surface area (Å²) in [6, 6.07) is 3.61. The molecular formula is C14H19BrN4O2. The number of nitrogens with two attached hydrogens (primary N) is 1. The van der Waals surface area contributed by atoms with E-state index in [0.717, 1.165) is 26.1 Å². The van der Waals surface area contributed by atoms with E-state index in [1.54, 1.807) is 12.1 Å². The number of rotatable bonds is 5. The number of aromatic nitrogens is 2. The van der Waals surface area contributed by atoms with Crippen molar-refractivity contribution < 1.29 is 8.83 Å². The maximum Gasteiger partial charge on any atom is 0.283 e. The number of furan rings is 1. The van der Waals surface area contributed by atoms with Crippen molar-refractivity contribution in [1.82, 2.24) is 15.1 Å². The molecule has 2 N–H and O–H groups in total. The predicted molar refractivity (Wildman–Crippen MR) is 81.4 cm³/mol. The molecule has 0 saturated carbocycles. The molecule has 7 heteroatoms. The van der Waals surface area contributed by atoms with Crippen LogP contribution in [0.2, 0.25) is 0 Å². The minimum atomic E-state index is 0.422. The van der Waals surface area contributed by atoms with Crippen molar-refractivity contribution in [2.45, 2.75) is 25.8 Å². The Morgan fingerprint density at radius 2 is 2.24 bits per heavy atom. The maximum absolute atomic E-state index is 5.68. The molecule has 0 bridgehead atoms. The zero-order valence-corrected chi connectivity index (χ0v) is 13.4. The van der Waals surface area contributed by atoms with Gasteiger partial charge in [-0.05, 0) is 66.3 Å². The van der Waals surface area contributed by atoms with Crippen LogP contribution in [-0.2, 0) is 6.54 Å². The quantitative estimate of drug-likeness (QED) is 0.888. The molecule has 0 spiro atoms. The fourth-order valence-electron chi connectivity index (χ4n) is 2.80. The average molecular weight is 355 g/mol. The van der Waals surface area contributed by atoms with Crippen molar-refractivity contribution in [2.75, 3.05) is 19.6 Å². The molecule has 1 aliphatic heterocycles. The Labute approximate surface area is 131 Å². The summed E-state index contributed by atoms with van der Waals surface area (Å²) in [5.41, 5.74) is 5.65. The van der Waals surface area contributed by atoms with Crippen LogP contribution < -0.4 is 5.73 Å². The van der Waals surface area contributed by atoms with Crippen LogP contribution in [0.1, 0.15) is 25.2 Å². The standard InChI is InChI=1S/C14H19BrN4O2/c15-12-4-3-11(20-12)14-18-17-13(21-14)9-19-7-1-2-10(8-19)5-6-16/h3-4,10H,1-2,5-9,16H2. The van der Waals surface area contributed by atoms with Gasteiger partial charge in [0.25, 0.3) is 5.89 Å². The first kappa shape index (κ1) is 14.7. The third-order valence-corrected chi connectivity index (χ3v) is 4.21. The van der Waals surface area contributed by atoms with E-state index in [9.17, 15) is 0 Å². The Bertz CT molecular complexity index is 581. The highest BCUT2D eigenvalue weighted by atomic mass is 79.9. The van der Waals surface area contributed by atoms with Gasteiger partial charge in [0.15, 0.2) is 10.4 Å². The van der Waals surface area contributed by atoms with E-state index in [2.05, 4.69) is 31.0 Å². The number of halogens is 1. The fourth-order valence-corrected chi connectivity index (χ4v) is 3.11. The molecule has 6 nitrogen and oxygen atoms in total. The second-order valence-corrected chi connectivity index (χ2v) is 6.21. The highest BCUT2D eigenvalue weighted by molar-refractivity contribution is 9.10. The summed E-state index contributed by atoms with van der Waals surface area (Å²) in [5.74, 6) is 2.32. The first-order valence-electron chi connectivity index (χ1n) is 7.25. The summed E-state index contributed by atoms with van der Waals surface area (Å²) >= 11 is 3.26. The molecule has 1 aliphatic rings. The zero-order chi connectivity index (χ0) is 14.7. The van der Waals surface area contributed by atoms with Gasteiger partial charge in [-0.2, -0.15) is 0 Å². The van der Waals surface area contributed by atoms with Gasteiger partial charge in [-0.25, -0.2) is 0 Å². The van der Waals surface area contributed by atoms with Crippen molar-refractivity contribution in [3.63, 3.8) is 0 Å². The Balaban J connectivity index is 1.61. The Morgan fingerprint density at radius 1 is 1.33 bits per heavy atom. The van der Waals surface area contributed by atoms with Gasteiger partial charge in [0.2, 0.25) is 5.89 Å². The summed E-state index contributed by atoms with van der Waals surface area (Å²) in [5, 5.41) is 8.15. The molecule has 0 aliphatic carbocycles. The van der Waals surface area contributed by atoms with Gasteiger partial charge >= 0.3 is 0 Å². The lowest BCUT2D eigenvalue weighted by molar-refractivity contribution is 0.151. The third-order valence-electron chi connectivity index (χ3n) is 3.79. The minimum Gasteiger partial charge on any atom is -0.444 e. The first-order chi connectivity index (χ1) is 10.2. The molecule has 21 heavy (non-hydrogen) atoms. The van der Waals surface area contributed by atoms with Crippen LogP contribution in [0.15, 0.2) is 25.6 Å². The number of likely N-dealkylation sites (tertiary alicyclic amines) is 1. The molecule has 114 valence electrons. The Kier molecular flexibility index (Phi) is 4.72. The number of hydrogen-bond acceptors (Lipinski definition) is 6. The summed E-state index contributed by atoms with van der Waals surface area (Å²) in [6.07, 6.45) is 3.56. The largest absolute Gasteiger partial charge is 0.444 e. The van der Waals surface area contributed by atoms with Crippen LogP contribution >= 0.6 is 15.9 Å². The van der Waals surface area contributed by atoms with Crippen molar-refractivity contribution in [2.24, 2.45) is 11.7 Å². The molecular weight excluding hydrogens is 336 g/mol. The van der Waals surface area contributed by atoms with Gasteiger partial charge in [-0.15, -0.1) is 10.2 Å². The molecule has 1 saturated heterocycles. The molecule has 3 heterocycles. The number of hydrogen-bond donors (Lipinski definition) is 1. The SMILES string of the molecule is NCCC1CCCN(Cc2nnc(-c3ccc(Br)o3)o2)C1. The highest BCUT2D eigenvalue weighted by Gasteiger charge is 2.21. The van der Waals surface area contributed by atoms with E-state index >= 15 is 0 Å². The number of piperidine rings is 1. The zero-order valence-electron chi connectivity index (χ0n) is 11.8. The molecule has 3 rings (SSSR count). The van der Waals surface area contributed by atoms with Crippen LogP contribution in [0.3, 0.4) is 0 Å². The van der Waals surface area contributed by atoms with E-state index in [1.807, 2.05) is 0 Å². The van der Waals surface area contributed by atoms with Gasteiger partial charge in [0, 0.05) is 6.54 Å². The third kappa shape index (κ3) is 3.72. The number of nitrogens with zero attached hydrogens (tertiary/aromatic N) is 3. The van der Waals surface area contributed by atoms with Crippen LogP contribution in [0.4, 0.5) is 0 Å². The first-order valence-corrected chi connectivity index (χ1v) is 8.04.